The molecule has 0 bridgehead atoms. The molecule has 5 nitrogen and oxygen atoms in total. The van der Waals surface area contributed by atoms with Crippen molar-refractivity contribution in [3.8, 4) is 0 Å². The van der Waals surface area contributed by atoms with E-state index in [4.69, 9.17) is 4.74 Å². The van der Waals surface area contributed by atoms with Crippen molar-refractivity contribution in [2.45, 2.75) is 43.4 Å². The highest BCUT2D eigenvalue weighted by Gasteiger charge is 2.28. The SMILES string of the molecule is CNCc1ccc(S(=O)(=O)NC(C)C2CCCO2)c(F)c1. The molecule has 2 N–H and O–H groups in total. The zero-order chi connectivity index (χ0) is 15.5. The van der Waals surface area contributed by atoms with Gasteiger partial charge in [0.2, 0.25) is 10.0 Å². The van der Waals surface area contributed by atoms with Crippen LogP contribution in [0.4, 0.5) is 4.39 Å². The Hall–Kier alpha value is -1.02. The van der Waals surface area contributed by atoms with Crippen LogP contribution in [0.1, 0.15) is 25.3 Å². The molecule has 7 heteroatoms. The van der Waals surface area contributed by atoms with Gasteiger partial charge in [-0.05, 0) is 44.5 Å². The first-order valence-electron chi connectivity index (χ1n) is 7.01. The lowest BCUT2D eigenvalue weighted by Crippen LogP contribution is -2.41. The van der Waals surface area contributed by atoms with Crippen molar-refractivity contribution in [2.75, 3.05) is 13.7 Å². The van der Waals surface area contributed by atoms with Crippen LogP contribution < -0.4 is 10.0 Å². The molecule has 0 spiro atoms. The van der Waals surface area contributed by atoms with Crippen molar-refractivity contribution in [1.29, 1.82) is 0 Å². The molecule has 21 heavy (non-hydrogen) atoms. The lowest BCUT2D eigenvalue weighted by atomic mass is 10.1. The lowest BCUT2D eigenvalue weighted by Gasteiger charge is -2.20. The Bertz CT molecular complexity index is 586. The van der Waals surface area contributed by atoms with Gasteiger partial charge in [0, 0.05) is 19.2 Å². The van der Waals surface area contributed by atoms with Crippen molar-refractivity contribution in [1.82, 2.24) is 10.0 Å². The molecule has 1 heterocycles. The molecule has 2 atom stereocenters. The van der Waals surface area contributed by atoms with Gasteiger partial charge in [-0.15, -0.1) is 0 Å². The summed E-state index contributed by atoms with van der Waals surface area (Å²) in [5.41, 5.74) is 0.695. The molecule has 0 aliphatic carbocycles. The van der Waals surface area contributed by atoms with E-state index in [0.29, 0.717) is 18.7 Å². The predicted octanol–water partition coefficient (Wildman–Crippen LogP) is 1.39. The number of ether oxygens (including phenoxy) is 1. The second-order valence-corrected chi connectivity index (χ2v) is 6.94. The van der Waals surface area contributed by atoms with Gasteiger partial charge in [0.25, 0.3) is 0 Å². The number of hydrogen-bond donors (Lipinski definition) is 2. The summed E-state index contributed by atoms with van der Waals surface area (Å²) in [4.78, 5) is -0.327. The predicted molar refractivity (Wildman–Crippen MR) is 77.9 cm³/mol. The molecule has 0 aromatic heterocycles. The molecule has 0 radical (unpaired) electrons. The van der Waals surface area contributed by atoms with E-state index in [1.807, 2.05) is 0 Å². The number of hydrogen-bond acceptors (Lipinski definition) is 4. The first-order chi connectivity index (χ1) is 9.94. The third-order valence-corrected chi connectivity index (χ3v) is 5.12. The van der Waals surface area contributed by atoms with Crippen LogP contribution in [0.2, 0.25) is 0 Å². The maximum atomic E-state index is 14.0. The molecule has 0 amide bonds. The van der Waals surface area contributed by atoms with E-state index < -0.39 is 15.8 Å². The van der Waals surface area contributed by atoms with Crippen LogP contribution in [0.5, 0.6) is 0 Å². The van der Waals surface area contributed by atoms with Gasteiger partial charge in [0.15, 0.2) is 0 Å². The van der Waals surface area contributed by atoms with E-state index in [9.17, 15) is 12.8 Å². The van der Waals surface area contributed by atoms with Crippen LogP contribution in [0.3, 0.4) is 0 Å². The third kappa shape index (κ3) is 4.00. The molecule has 1 aliphatic rings. The van der Waals surface area contributed by atoms with Crippen molar-refractivity contribution in [3.63, 3.8) is 0 Å². The molecule has 1 aliphatic heterocycles. The minimum absolute atomic E-state index is 0.147. The normalized spacial score (nSPS) is 20.6. The largest absolute Gasteiger partial charge is 0.377 e. The van der Waals surface area contributed by atoms with E-state index in [1.54, 1.807) is 20.0 Å². The summed E-state index contributed by atoms with van der Waals surface area (Å²) in [5.74, 6) is -0.741. The Morgan fingerprint density at radius 2 is 2.24 bits per heavy atom. The Morgan fingerprint density at radius 3 is 2.81 bits per heavy atom. The first-order valence-corrected chi connectivity index (χ1v) is 8.49. The molecule has 1 fully saturated rings. The van der Waals surface area contributed by atoms with Gasteiger partial charge in [-0.25, -0.2) is 17.5 Å². The Morgan fingerprint density at radius 1 is 1.48 bits per heavy atom. The highest BCUT2D eigenvalue weighted by atomic mass is 32.2. The average molecular weight is 316 g/mol. The van der Waals surface area contributed by atoms with Gasteiger partial charge in [-0.1, -0.05) is 6.07 Å². The summed E-state index contributed by atoms with van der Waals surface area (Å²) in [6, 6.07) is 3.76. The smallest absolute Gasteiger partial charge is 0.243 e. The van der Waals surface area contributed by atoms with Gasteiger partial charge < -0.3 is 10.1 Å². The third-order valence-electron chi connectivity index (χ3n) is 3.53. The van der Waals surface area contributed by atoms with Gasteiger partial charge in [-0.2, -0.15) is 0 Å². The Kier molecular flexibility index (Phi) is 5.32. The Balaban J connectivity index is 2.15. The maximum absolute atomic E-state index is 14.0. The number of rotatable bonds is 6. The first kappa shape index (κ1) is 16.4. The summed E-state index contributed by atoms with van der Waals surface area (Å²) in [5, 5.41) is 2.89. The van der Waals surface area contributed by atoms with Crippen molar-refractivity contribution < 1.29 is 17.5 Å². The monoisotopic (exact) mass is 316 g/mol. The number of sulfonamides is 1. The number of halogens is 1. The summed E-state index contributed by atoms with van der Waals surface area (Å²) in [6.45, 7) is 2.86. The molecule has 118 valence electrons. The molecule has 0 saturated carbocycles. The Labute approximate surface area is 124 Å². The highest BCUT2D eigenvalue weighted by molar-refractivity contribution is 7.89. The standard InChI is InChI=1S/C14H21FN2O3S/c1-10(13-4-3-7-20-13)17-21(18,19)14-6-5-11(9-16-2)8-12(14)15/h5-6,8,10,13,16-17H,3-4,7,9H2,1-2H3. The van der Waals surface area contributed by atoms with Crippen molar-refractivity contribution in [2.24, 2.45) is 0 Å². The second-order valence-electron chi connectivity index (χ2n) is 5.26. The van der Waals surface area contributed by atoms with E-state index in [1.165, 1.54) is 12.1 Å². The van der Waals surface area contributed by atoms with Crippen LogP contribution in [0.15, 0.2) is 23.1 Å². The fraction of sp³-hybridized carbons (Fsp3) is 0.571. The fourth-order valence-electron chi connectivity index (χ4n) is 2.46. The minimum atomic E-state index is -3.88. The van der Waals surface area contributed by atoms with Gasteiger partial charge >= 0.3 is 0 Å². The number of nitrogens with one attached hydrogen (secondary N) is 2. The summed E-state index contributed by atoms with van der Waals surface area (Å²) in [7, 11) is -2.14. The molecule has 1 aromatic carbocycles. The quantitative estimate of drug-likeness (QED) is 0.832. The van der Waals surface area contributed by atoms with Crippen LogP contribution >= 0.6 is 0 Å². The maximum Gasteiger partial charge on any atom is 0.243 e. The average Bonchev–Trinajstić information content (AvgIpc) is 2.92. The summed E-state index contributed by atoms with van der Waals surface area (Å²) >= 11 is 0. The number of benzene rings is 1. The zero-order valence-electron chi connectivity index (χ0n) is 12.2. The summed E-state index contributed by atoms with van der Waals surface area (Å²) in [6.07, 6.45) is 1.59. The van der Waals surface area contributed by atoms with E-state index in [-0.39, 0.29) is 17.0 Å². The molecule has 1 aromatic rings. The molecular weight excluding hydrogens is 295 g/mol. The molecule has 2 unspecified atom stereocenters. The van der Waals surface area contributed by atoms with E-state index in [0.717, 1.165) is 12.8 Å². The van der Waals surface area contributed by atoms with Crippen LogP contribution in [-0.2, 0) is 21.3 Å². The highest BCUT2D eigenvalue weighted by Crippen LogP contribution is 2.20. The zero-order valence-corrected chi connectivity index (χ0v) is 13.0. The van der Waals surface area contributed by atoms with E-state index >= 15 is 0 Å². The van der Waals surface area contributed by atoms with Crippen LogP contribution in [0, 0.1) is 5.82 Å². The van der Waals surface area contributed by atoms with Crippen LogP contribution in [0.25, 0.3) is 0 Å². The summed E-state index contributed by atoms with van der Waals surface area (Å²) < 4.78 is 46.5. The van der Waals surface area contributed by atoms with Crippen molar-refractivity contribution in [3.05, 3.63) is 29.6 Å². The second kappa shape index (κ2) is 6.83. The van der Waals surface area contributed by atoms with Gasteiger partial charge in [0.05, 0.1) is 6.10 Å². The van der Waals surface area contributed by atoms with Gasteiger partial charge in [-0.3, -0.25) is 0 Å². The minimum Gasteiger partial charge on any atom is -0.377 e. The topological polar surface area (TPSA) is 67.4 Å². The molecule has 2 rings (SSSR count). The molecule has 1 saturated heterocycles. The molecular formula is C14H21FN2O3S. The van der Waals surface area contributed by atoms with E-state index in [2.05, 4.69) is 10.0 Å². The lowest BCUT2D eigenvalue weighted by molar-refractivity contribution is 0.0902. The van der Waals surface area contributed by atoms with Crippen LogP contribution in [-0.4, -0.2) is 34.2 Å². The van der Waals surface area contributed by atoms with Crippen molar-refractivity contribution >= 4 is 10.0 Å². The fourth-order valence-corrected chi connectivity index (χ4v) is 3.79. The van der Waals surface area contributed by atoms with Gasteiger partial charge in [0.1, 0.15) is 10.7 Å².